The fourth-order valence-electron chi connectivity index (χ4n) is 1.68. The van der Waals surface area contributed by atoms with Crippen molar-refractivity contribution in [3.05, 3.63) is 63.1 Å². The van der Waals surface area contributed by atoms with E-state index in [1.54, 1.807) is 31.2 Å². The number of nitrogens with one attached hydrogen (secondary N) is 2. The maximum Gasteiger partial charge on any atom is 0.263 e. The van der Waals surface area contributed by atoms with Crippen LogP contribution in [0.15, 0.2) is 29.2 Å². The van der Waals surface area contributed by atoms with E-state index in [4.69, 9.17) is 0 Å². The van der Waals surface area contributed by atoms with Crippen molar-refractivity contribution in [2.45, 2.75) is 6.92 Å². The molecule has 1 aromatic heterocycles. The van der Waals surface area contributed by atoms with E-state index in [1.807, 2.05) is 0 Å². The maximum atomic E-state index is 13.4. The Morgan fingerprint density at radius 3 is 2.76 bits per heavy atom. The summed E-state index contributed by atoms with van der Waals surface area (Å²) in [6, 6.07) is 4.81. The Morgan fingerprint density at radius 1 is 1.38 bits per heavy atom. The molecule has 0 radical (unpaired) electrons. The number of aromatic nitrogens is 2. The zero-order valence-corrected chi connectivity index (χ0v) is 11.6. The van der Waals surface area contributed by atoms with Gasteiger partial charge in [-0.05, 0) is 30.2 Å². The highest BCUT2D eigenvalue weighted by Gasteiger charge is 2.08. The molecule has 6 heteroatoms. The molecule has 0 aliphatic rings. The molecule has 0 saturated heterocycles. The predicted molar refractivity (Wildman–Crippen MR) is 78.3 cm³/mol. The minimum Gasteiger partial charge on any atom is -0.355 e. The number of aryl methyl sites for hydroxylation is 1. The minimum atomic E-state index is -0.529. The van der Waals surface area contributed by atoms with Gasteiger partial charge in [0.25, 0.3) is 11.5 Å². The number of hydrogen-bond donors (Lipinski definition) is 2. The summed E-state index contributed by atoms with van der Waals surface area (Å²) < 4.78 is 13.4. The third kappa shape index (κ3) is 3.42. The summed E-state index contributed by atoms with van der Waals surface area (Å²) in [5.41, 5.74) is 0.625. The van der Waals surface area contributed by atoms with Crippen LogP contribution in [0.1, 0.15) is 27.3 Å². The molecule has 5 nitrogen and oxygen atoms in total. The predicted octanol–water partition coefficient (Wildman–Crippen LogP) is 1.75. The van der Waals surface area contributed by atoms with Crippen LogP contribution in [0.4, 0.5) is 4.39 Å². The van der Waals surface area contributed by atoms with Crippen molar-refractivity contribution < 1.29 is 9.18 Å². The summed E-state index contributed by atoms with van der Waals surface area (Å²) in [6.07, 6.45) is 4.37. The van der Waals surface area contributed by atoms with Crippen molar-refractivity contribution in [3.8, 4) is 0 Å². The van der Waals surface area contributed by atoms with Gasteiger partial charge in [0.15, 0.2) is 0 Å². The Labute approximate surface area is 120 Å². The molecule has 2 aromatic rings. The summed E-state index contributed by atoms with van der Waals surface area (Å²) in [7, 11) is 1.43. The van der Waals surface area contributed by atoms with E-state index in [1.165, 1.54) is 19.3 Å². The van der Waals surface area contributed by atoms with Crippen molar-refractivity contribution in [1.82, 2.24) is 15.3 Å². The first-order valence-corrected chi connectivity index (χ1v) is 6.27. The first-order valence-electron chi connectivity index (χ1n) is 6.27. The molecule has 0 aliphatic heterocycles. The molecule has 21 heavy (non-hydrogen) atoms. The van der Waals surface area contributed by atoms with Gasteiger partial charge < -0.3 is 10.3 Å². The Bertz CT molecular complexity index is 766. The van der Waals surface area contributed by atoms with E-state index in [2.05, 4.69) is 15.3 Å². The Balaban J connectivity index is 2.25. The highest BCUT2D eigenvalue weighted by molar-refractivity contribution is 5.93. The number of rotatable bonds is 3. The largest absolute Gasteiger partial charge is 0.355 e. The van der Waals surface area contributed by atoms with Gasteiger partial charge in [-0.25, -0.2) is 9.37 Å². The molecular weight excluding hydrogens is 273 g/mol. The molecule has 0 bridgehead atoms. The second kappa shape index (κ2) is 6.13. The molecule has 0 saturated carbocycles. The fraction of sp³-hybridized carbons (Fsp3) is 0.133. The molecule has 108 valence electrons. The summed E-state index contributed by atoms with van der Waals surface area (Å²) in [5.74, 6) is -0.512. The molecule has 0 fully saturated rings. The maximum absolute atomic E-state index is 13.4. The zero-order valence-electron chi connectivity index (χ0n) is 11.6. The smallest absolute Gasteiger partial charge is 0.263 e. The van der Waals surface area contributed by atoms with Crippen LogP contribution in [-0.4, -0.2) is 22.9 Å². The number of H-pyrrole nitrogens is 1. The van der Waals surface area contributed by atoms with Gasteiger partial charge in [0.05, 0.1) is 0 Å². The van der Waals surface area contributed by atoms with Gasteiger partial charge in [-0.1, -0.05) is 18.2 Å². The third-order valence-corrected chi connectivity index (χ3v) is 2.92. The Morgan fingerprint density at radius 2 is 2.14 bits per heavy atom. The number of carbonyl (C=O) groups excluding carboxylic acids is 1. The van der Waals surface area contributed by atoms with Gasteiger partial charge in [-0.2, -0.15) is 0 Å². The first kappa shape index (κ1) is 14.6. The number of nitrogens with zero attached hydrogens (tertiary/aromatic N) is 1. The fourth-order valence-corrected chi connectivity index (χ4v) is 1.68. The molecule has 2 N–H and O–H groups in total. The second-order valence-electron chi connectivity index (χ2n) is 4.43. The monoisotopic (exact) mass is 287 g/mol. The number of amides is 1. The third-order valence-electron chi connectivity index (χ3n) is 2.92. The Hall–Kier alpha value is -2.76. The van der Waals surface area contributed by atoms with E-state index in [-0.39, 0.29) is 17.2 Å². The van der Waals surface area contributed by atoms with Crippen molar-refractivity contribution in [1.29, 1.82) is 0 Å². The van der Waals surface area contributed by atoms with Crippen LogP contribution in [0.25, 0.3) is 12.2 Å². The highest BCUT2D eigenvalue weighted by atomic mass is 19.1. The number of halogens is 1. The molecule has 1 aromatic carbocycles. The molecule has 1 heterocycles. The van der Waals surface area contributed by atoms with Gasteiger partial charge in [-0.3, -0.25) is 9.59 Å². The zero-order chi connectivity index (χ0) is 15.4. The topological polar surface area (TPSA) is 74.8 Å². The van der Waals surface area contributed by atoms with E-state index in [0.717, 1.165) is 0 Å². The number of carbonyl (C=O) groups is 1. The van der Waals surface area contributed by atoms with E-state index in [9.17, 15) is 14.0 Å². The van der Waals surface area contributed by atoms with E-state index < -0.39 is 11.5 Å². The van der Waals surface area contributed by atoms with Gasteiger partial charge in [-0.15, -0.1) is 0 Å². The SMILES string of the molecule is CNC(=O)c1cnc(C=Cc2ccc(C)c(F)c2)[nH]c1=O. The molecule has 0 atom stereocenters. The Kier molecular flexibility index (Phi) is 4.27. The van der Waals surface area contributed by atoms with Crippen molar-refractivity contribution in [2.75, 3.05) is 7.05 Å². The molecule has 0 spiro atoms. The van der Waals surface area contributed by atoms with Crippen LogP contribution in [0, 0.1) is 12.7 Å². The standard InChI is InChI=1S/C15H14FN3O2/c1-9-3-4-10(7-12(9)16)5-6-13-18-8-11(14(20)17-2)15(21)19-13/h3-8H,1-2H3,(H,17,20)(H,18,19,21). The quantitative estimate of drug-likeness (QED) is 0.903. The molecular formula is C15H14FN3O2. The molecule has 0 unspecified atom stereocenters. The van der Waals surface area contributed by atoms with Crippen LogP contribution in [-0.2, 0) is 0 Å². The van der Waals surface area contributed by atoms with Crippen LogP contribution in [0.3, 0.4) is 0 Å². The van der Waals surface area contributed by atoms with Gasteiger partial charge >= 0.3 is 0 Å². The molecule has 2 rings (SSSR count). The lowest BCUT2D eigenvalue weighted by Gasteiger charge is -2.00. The van der Waals surface area contributed by atoms with Crippen molar-refractivity contribution in [3.63, 3.8) is 0 Å². The van der Waals surface area contributed by atoms with Crippen LogP contribution in [0.5, 0.6) is 0 Å². The summed E-state index contributed by atoms with van der Waals surface area (Å²) in [5, 5.41) is 2.35. The molecule has 1 amide bonds. The van der Waals surface area contributed by atoms with Crippen molar-refractivity contribution in [2.24, 2.45) is 0 Å². The minimum absolute atomic E-state index is 0.0592. The average Bonchev–Trinajstić information content (AvgIpc) is 2.48. The number of benzene rings is 1. The van der Waals surface area contributed by atoms with Crippen LogP contribution in [0.2, 0.25) is 0 Å². The van der Waals surface area contributed by atoms with Gasteiger partial charge in [0, 0.05) is 13.2 Å². The lowest BCUT2D eigenvalue weighted by molar-refractivity contribution is 0.0961. The van der Waals surface area contributed by atoms with Crippen LogP contribution < -0.4 is 10.9 Å². The average molecular weight is 287 g/mol. The lowest BCUT2D eigenvalue weighted by Crippen LogP contribution is -2.27. The molecule has 0 aliphatic carbocycles. The van der Waals surface area contributed by atoms with E-state index >= 15 is 0 Å². The van der Waals surface area contributed by atoms with Crippen molar-refractivity contribution >= 4 is 18.1 Å². The number of hydrogen-bond acceptors (Lipinski definition) is 3. The van der Waals surface area contributed by atoms with E-state index in [0.29, 0.717) is 11.1 Å². The first-order chi connectivity index (χ1) is 10.0. The highest BCUT2D eigenvalue weighted by Crippen LogP contribution is 2.11. The normalized spacial score (nSPS) is 10.8. The van der Waals surface area contributed by atoms with Crippen LogP contribution >= 0.6 is 0 Å². The summed E-state index contributed by atoms with van der Waals surface area (Å²) in [4.78, 5) is 29.5. The van der Waals surface area contributed by atoms with Gasteiger partial charge in [0.2, 0.25) is 0 Å². The summed E-state index contributed by atoms with van der Waals surface area (Å²) in [6.45, 7) is 1.68. The second-order valence-corrected chi connectivity index (χ2v) is 4.43. The lowest BCUT2D eigenvalue weighted by atomic mass is 10.1. The number of aromatic amines is 1. The van der Waals surface area contributed by atoms with Gasteiger partial charge in [0.1, 0.15) is 17.2 Å². The summed E-state index contributed by atoms with van der Waals surface area (Å²) >= 11 is 0.